The highest BCUT2D eigenvalue weighted by molar-refractivity contribution is 8.01. The molecule has 0 aromatic heterocycles. The minimum Gasteiger partial charge on any atom is -0.485 e. The lowest BCUT2D eigenvalue weighted by molar-refractivity contribution is 0.0967. The molecule has 1 aliphatic carbocycles. The maximum atomic E-state index is 13.9. The summed E-state index contributed by atoms with van der Waals surface area (Å²) in [6.45, 7) is 1.95. The summed E-state index contributed by atoms with van der Waals surface area (Å²) < 4.78 is 23.1. The van der Waals surface area contributed by atoms with Gasteiger partial charge >= 0.3 is 0 Å². The molecule has 1 heterocycles. The van der Waals surface area contributed by atoms with Crippen molar-refractivity contribution >= 4 is 24.0 Å². The van der Waals surface area contributed by atoms with Crippen molar-refractivity contribution in [3.8, 4) is 5.75 Å². The van der Waals surface area contributed by atoms with Crippen molar-refractivity contribution in [2.75, 3.05) is 0 Å². The van der Waals surface area contributed by atoms with Gasteiger partial charge in [-0.05, 0) is 79.8 Å². The topological polar surface area (TPSA) is 55.4 Å². The highest BCUT2D eigenvalue weighted by atomic mass is 32.2. The van der Waals surface area contributed by atoms with Crippen molar-refractivity contribution in [1.29, 1.82) is 0 Å². The van der Waals surface area contributed by atoms with Crippen molar-refractivity contribution in [1.82, 2.24) is 4.72 Å². The molecule has 2 aromatic rings. The molecular formula is C22H20FNO3S. The number of benzene rings is 2. The summed E-state index contributed by atoms with van der Waals surface area (Å²) in [7, 11) is 0. The molecule has 6 heteroatoms. The third kappa shape index (κ3) is 4.03. The van der Waals surface area contributed by atoms with Crippen LogP contribution in [0.15, 0.2) is 53.4 Å². The lowest BCUT2D eigenvalue weighted by Crippen LogP contribution is -2.13. The van der Waals surface area contributed by atoms with Gasteiger partial charge in [-0.25, -0.2) is 9.11 Å². The summed E-state index contributed by atoms with van der Waals surface area (Å²) in [6.07, 6.45) is 4.31. The fourth-order valence-electron chi connectivity index (χ4n) is 3.12. The number of hydrogen-bond donors (Lipinski definition) is 1. The van der Waals surface area contributed by atoms with E-state index in [9.17, 15) is 14.0 Å². The molecule has 2 unspecified atom stereocenters. The molecule has 0 spiro atoms. The molecule has 1 N–H and O–H groups in total. The van der Waals surface area contributed by atoms with E-state index in [4.69, 9.17) is 4.74 Å². The third-order valence-electron chi connectivity index (χ3n) is 4.95. The fourth-order valence-corrected chi connectivity index (χ4v) is 4.01. The molecule has 4 rings (SSSR count). The zero-order valence-corrected chi connectivity index (χ0v) is 16.2. The number of halogens is 1. The first-order valence-electron chi connectivity index (χ1n) is 9.25. The Morgan fingerprint density at radius 3 is 2.64 bits per heavy atom. The maximum absolute atomic E-state index is 13.9. The van der Waals surface area contributed by atoms with Gasteiger partial charge in [0.2, 0.25) is 0 Å². The normalized spacial score (nSPS) is 19.8. The van der Waals surface area contributed by atoms with Crippen LogP contribution in [0.3, 0.4) is 0 Å². The van der Waals surface area contributed by atoms with Crippen LogP contribution in [0.25, 0.3) is 0 Å². The van der Waals surface area contributed by atoms with Crippen LogP contribution in [-0.2, 0) is 0 Å². The van der Waals surface area contributed by atoms with Crippen molar-refractivity contribution in [3.05, 3.63) is 76.0 Å². The predicted octanol–water partition coefficient (Wildman–Crippen LogP) is 4.87. The van der Waals surface area contributed by atoms with Crippen LogP contribution in [0.2, 0.25) is 0 Å². The van der Waals surface area contributed by atoms with E-state index in [2.05, 4.69) is 4.72 Å². The Labute approximate surface area is 167 Å². The van der Waals surface area contributed by atoms with Gasteiger partial charge in [-0.15, -0.1) is 0 Å². The van der Waals surface area contributed by atoms with Gasteiger partial charge in [0.15, 0.2) is 12.1 Å². The summed E-state index contributed by atoms with van der Waals surface area (Å²) in [4.78, 5) is 23.8. The Morgan fingerprint density at radius 2 is 2.00 bits per heavy atom. The van der Waals surface area contributed by atoms with E-state index in [1.165, 1.54) is 24.1 Å². The number of carbonyl (C=O) groups excluding carboxylic acids is 2. The second-order valence-electron chi connectivity index (χ2n) is 7.09. The molecule has 2 atom stereocenters. The van der Waals surface area contributed by atoms with Gasteiger partial charge in [0.1, 0.15) is 17.7 Å². The Kier molecular flexibility index (Phi) is 5.33. The smallest absolute Gasteiger partial charge is 0.165 e. The van der Waals surface area contributed by atoms with E-state index in [0.717, 1.165) is 28.9 Å². The van der Waals surface area contributed by atoms with Gasteiger partial charge in [-0.1, -0.05) is 6.07 Å². The number of ketones is 1. The van der Waals surface area contributed by atoms with E-state index in [-0.39, 0.29) is 29.4 Å². The lowest BCUT2D eigenvalue weighted by Gasteiger charge is -2.15. The predicted molar refractivity (Wildman–Crippen MR) is 107 cm³/mol. The minimum atomic E-state index is -0.522. The van der Waals surface area contributed by atoms with Crippen LogP contribution in [-0.4, -0.2) is 18.2 Å². The first-order chi connectivity index (χ1) is 13.5. The lowest BCUT2D eigenvalue weighted by atomic mass is 10.0. The highest BCUT2D eigenvalue weighted by Crippen LogP contribution is 2.35. The molecule has 4 nitrogen and oxygen atoms in total. The van der Waals surface area contributed by atoms with Crippen LogP contribution < -0.4 is 9.46 Å². The van der Waals surface area contributed by atoms with Crippen LogP contribution in [0.4, 0.5) is 4.39 Å². The van der Waals surface area contributed by atoms with Crippen LogP contribution in [0.5, 0.6) is 5.75 Å². The number of Topliss-reactive ketones (excluding diaryl/α,β-unsaturated/α-hetero) is 1. The number of rotatable bonds is 7. The van der Waals surface area contributed by atoms with E-state index in [1.54, 1.807) is 6.07 Å². The number of ether oxygens (including phenoxy) is 1. The van der Waals surface area contributed by atoms with Gasteiger partial charge in [0, 0.05) is 16.4 Å². The standard InChI is InChI=1S/C22H20FNO3S/c1-13(27-18-8-6-15(7-9-18)22(26)14-2-3-14)21-11-20(24-28-21)16-4-5-17(12-25)19(23)10-16/h4-14,20,24H,2-3H2,1H3. The van der Waals surface area contributed by atoms with Gasteiger partial charge < -0.3 is 4.74 Å². The number of hydrogen-bond acceptors (Lipinski definition) is 5. The van der Waals surface area contributed by atoms with Gasteiger partial charge in [0.05, 0.1) is 11.6 Å². The van der Waals surface area contributed by atoms with Gasteiger partial charge in [0.25, 0.3) is 0 Å². The summed E-state index contributed by atoms with van der Waals surface area (Å²) >= 11 is 1.45. The highest BCUT2D eigenvalue weighted by Gasteiger charge is 2.30. The second kappa shape index (κ2) is 7.89. The molecule has 0 saturated heterocycles. The Bertz CT molecular complexity index is 937. The second-order valence-corrected chi connectivity index (χ2v) is 8.00. The maximum Gasteiger partial charge on any atom is 0.165 e. The molecule has 1 saturated carbocycles. The average Bonchev–Trinajstić information content (AvgIpc) is 3.44. The largest absolute Gasteiger partial charge is 0.485 e. The average molecular weight is 397 g/mol. The van der Waals surface area contributed by atoms with E-state index in [0.29, 0.717) is 12.0 Å². The van der Waals surface area contributed by atoms with Gasteiger partial charge in [-0.3, -0.25) is 9.59 Å². The van der Waals surface area contributed by atoms with E-state index < -0.39 is 5.82 Å². The molecule has 2 aliphatic rings. The van der Waals surface area contributed by atoms with Crippen molar-refractivity contribution in [3.63, 3.8) is 0 Å². The quantitative estimate of drug-likeness (QED) is 0.410. The van der Waals surface area contributed by atoms with E-state index in [1.807, 2.05) is 37.3 Å². The van der Waals surface area contributed by atoms with Crippen LogP contribution in [0.1, 0.15) is 52.1 Å². The summed E-state index contributed by atoms with van der Waals surface area (Å²) in [6, 6.07) is 11.7. The van der Waals surface area contributed by atoms with E-state index >= 15 is 0 Å². The van der Waals surface area contributed by atoms with Crippen molar-refractivity contribution in [2.24, 2.45) is 5.92 Å². The molecule has 0 amide bonds. The van der Waals surface area contributed by atoms with Crippen LogP contribution in [0, 0.1) is 11.7 Å². The summed E-state index contributed by atoms with van der Waals surface area (Å²) in [5.41, 5.74) is 1.54. The Hall–Kier alpha value is -2.44. The number of carbonyl (C=O) groups is 2. The zero-order chi connectivity index (χ0) is 19.7. The first-order valence-corrected chi connectivity index (χ1v) is 10.1. The fraction of sp³-hybridized carbons (Fsp3) is 0.273. The number of aldehydes is 1. The Morgan fingerprint density at radius 1 is 1.25 bits per heavy atom. The SMILES string of the molecule is CC(Oc1ccc(C(=O)C2CC2)cc1)C1=CC(c2ccc(C=O)c(F)c2)NS1. The molecule has 0 radical (unpaired) electrons. The van der Waals surface area contributed by atoms with Crippen molar-refractivity contribution in [2.45, 2.75) is 31.9 Å². The first kappa shape index (κ1) is 18.9. The summed E-state index contributed by atoms with van der Waals surface area (Å²) in [5, 5.41) is 0. The molecule has 1 aliphatic heterocycles. The van der Waals surface area contributed by atoms with Crippen LogP contribution >= 0.6 is 11.9 Å². The molecule has 144 valence electrons. The molecule has 1 fully saturated rings. The monoisotopic (exact) mass is 397 g/mol. The molecule has 2 aromatic carbocycles. The van der Waals surface area contributed by atoms with Crippen molar-refractivity contribution < 1.29 is 18.7 Å². The molecular weight excluding hydrogens is 377 g/mol. The Balaban J connectivity index is 1.41. The molecule has 0 bridgehead atoms. The summed E-state index contributed by atoms with van der Waals surface area (Å²) in [5.74, 6) is 0.602. The minimum absolute atomic E-state index is 0.0546. The number of nitrogens with one attached hydrogen (secondary N) is 1. The zero-order valence-electron chi connectivity index (χ0n) is 15.4. The van der Waals surface area contributed by atoms with Gasteiger partial charge in [-0.2, -0.15) is 0 Å². The molecule has 28 heavy (non-hydrogen) atoms. The third-order valence-corrected chi connectivity index (χ3v) is 6.02.